The topological polar surface area (TPSA) is 30.5 Å². The maximum Gasteiger partial charge on any atom is 0.0916 e. The second kappa shape index (κ2) is 8.01. The van der Waals surface area contributed by atoms with Crippen molar-refractivity contribution in [2.75, 3.05) is 26.9 Å². The van der Waals surface area contributed by atoms with Gasteiger partial charge in [0.05, 0.1) is 13.2 Å². The van der Waals surface area contributed by atoms with Crippen molar-refractivity contribution in [3.05, 3.63) is 11.1 Å². The van der Waals surface area contributed by atoms with Crippen molar-refractivity contribution >= 4 is 11.6 Å². The molecule has 0 aliphatic rings. The van der Waals surface area contributed by atoms with Crippen LogP contribution in [0, 0.1) is 0 Å². The quantitative estimate of drug-likeness (QED) is 0.493. The number of hydroxylamine groups is 1. The number of methoxy groups -OCH3 is 1. The molecule has 11 heavy (non-hydrogen) atoms. The van der Waals surface area contributed by atoms with Gasteiger partial charge in [-0.3, -0.25) is 4.84 Å². The van der Waals surface area contributed by atoms with Gasteiger partial charge in [0, 0.05) is 19.2 Å². The summed E-state index contributed by atoms with van der Waals surface area (Å²) in [6.45, 7) is 3.70. The molecule has 0 saturated carbocycles. The minimum atomic E-state index is 0.548. The van der Waals surface area contributed by atoms with Crippen LogP contribution in [0.2, 0.25) is 0 Å². The van der Waals surface area contributed by atoms with E-state index in [1.54, 1.807) is 7.11 Å². The van der Waals surface area contributed by atoms with Crippen LogP contribution < -0.4 is 5.48 Å². The fraction of sp³-hybridized carbons (Fsp3) is 0.714. The van der Waals surface area contributed by atoms with Gasteiger partial charge >= 0.3 is 0 Å². The standard InChI is InChI=1S/C7H14ClNO2/c1-7(5-8)6-9-11-4-3-10-2/h5,9H,3-4,6H2,1-2H3. The molecule has 0 heterocycles. The molecule has 3 nitrogen and oxygen atoms in total. The average Bonchev–Trinajstić information content (AvgIpc) is 2.04. The summed E-state index contributed by atoms with van der Waals surface area (Å²) < 4.78 is 4.77. The zero-order chi connectivity index (χ0) is 8.53. The van der Waals surface area contributed by atoms with Gasteiger partial charge < -0.3 is 4.74 Å². The largest absolute Gasteiger partial charge is 0.382 e. The predicted molar refractivity (Wildman–Crippen MR) is 45.4 cm³/mol. The Kier molecular flexibility index (Phi) is 7.95. The van der Waals surface area contributed by atoms with E-state index in [0.717, 1.165) is 5.57 Å². The number of ether oxygens (including phenoxy) is 1. The SMILES string of the molecule is COCCONCC(C)=CCl. The average molecular weight is 180 g/mol. The van der Waals surface area contributed by atoms with Gasteiger partial charge in [0.15, 0.2) is 0 Å². The predicted octanol–water partition coefficient (Wildman–Crippen LogP) is 1.30. The van der Waals surface area contributed by atoms with E-state index in [2.05, 4.69) is 5.48 Å². The highest BCUT2D eigenvalue weighted by Gasteiger charge is 1.88. The molecule has 0 aromatic carbocycles. The minimum Gasteiger partial charge on any atom is -0.382 e. The summed E-state index contributed by atoms with van der Waals surface area (Å²) in [6.07, 6.45) is 0. The normalized spacial score (nSPS) is 12.1. The number of rotatable bonds is 6. The summed E-state index contributed by atoms with van der Waals surface area (Å²) in [5, 5.41) is 0. The molecule has 0 spiro atoms. The fourth-order valence-corrected chi connectivity index (χ4v) is 0.478. The van der Waals surface area contributed by atoms with Gasteiger partial charge in [0.25, 0.3) is 0 Å². The summed E-state index contributed by atoms with van der Waals surface area (Å²) in [6, 6.07) is 0. The third kappa shape index (κ3) is 7.81. The Morgan fingerprint density at radius 3 is 2.82 bits per heavy atom. The van der Waals surface area contributed by atoms with Crippen molar-refractivity contribution in [1.29, 1.82) is 0 Å². The zero-order valence-electron chi connectivity index (χ0n) is 6.89. The highest BCUT2D eigenvalue weighted by molar-refractivity contribution is 6.25. The number of hydrogen-bond donors (Lipinski definition) is 1. The van der Waals surface area contributed by atoms with Crippen LogP contribution in [-0.4, -0.2) is 26.9 Å². The van der Waals surface area contributed by atoms with Crippen LogP contribution in [0.1, 0.15) is 6.92 Å². The molecular formula is C7H14ClNO2. The molecule has 66 valence electrons. The molecular weight excluding hydrogens is 166 g/mol. The maximum absolute atomic E-state index is 5.41. The molecule has 0 aromatic rings. The van der Waals surface area contributed by atoms with Crippen LogP contribution >= 0.6 is 11.6 Å². The summed E-state index contributed by atoms with van der Waals surface area (Å²) in [5.41, 5.74) is 5.29. The first-order valence-corrected chi connectivity index (χ1v) is 3.84. The molecule has 0 aromatic heterocycles. The lowest BCUT2D eigenvalue weighted by molar-refractivity contribution is 0.0112. The van der Waals surface area contributed by atoms with E-state index in [4.69, 9.17) is 21.2 Å². The second-order valence-electron chi connectivity index (χ2n) is 2.12. The Morgan fingerprint density at radius 2 is 2.27 bits per heavy atom. The van der Waals surface area contributed by atoms with Gasteiger partial charge in [-0.05, 0) is 12.5 Å². The molecule has 0 rings (SSSR count). The Morgan fingerprint density at radius 1 is 1.55 bits per heavy atom. The van der Waals surface area contributed by atoms with E-state index in [0.29, 0.717) is 19.8 Å². The lowest BCUT2D eigenvalue weighted by atomic mass is 10.4. The van der Waals surface area contributed by atoms with Gasteiger partial charge in [-0.25, -0.2) is 0 Å². The highest BCUT2D eigenvalue weighted by Crippen LogP contribution is 1.91. The molecule has 0 aliphatic carbocycles. The monoisotopic (exact) mass is 179 g/mol. The lowest BCUT2D eigenvalue weighted by Crippen LogP contribution is -2.19. The smallest absolute Gasteiger partial charge is 0.0916 e. The first kappa shape index (κ1) is 10.9. The zero-order valence-corrected chi connectivity index (χ0v) is 7.65. The van der Waals surface area contributed by atoms with E-state index >= 15 is 0 Å². The van der Waals surface area contributed by atoms with E-state index in [1.165, 1.54) is 5.54 Å². The molecule has 1 N–H and O–H groups in total. The van der Waals surface area contributed by atoms with Crippen LogP contribution in [-0.2, 0) is 9.57 Å². The number of halogens is 1. The Bertz CT molecular complexity index is 117. The summed E-state index contributed by atoms with van der Waals surface area (Å²) >= 11 is 5.41. The van der Waals surface area contributed by atoms with Crippen molar-refractivity contribution in [2.45, 2.75) is 6.92 Å². The fourth-order valence-electron chi connectivity index (χ4n) is 0.401. The molecule has 0 aliphatic heterocycles. The van der Waals surface area contributed by atoms with E-state index in [-0.39, 0.29) is 0 Å². The lowest BCUT2D eigenvalue weighted by Gasteiger charge is -2.03. The van der Waals surface area contributed by atoms with Gasteiger partial charge in [-0.1, -0.05) is 11.6 Å². The van der Waals surface area contributed by atoms with Crippen LogP contribution in [0.15, 0.2) is 11.1 Å². The van der Waals surface area contributed by atoms with E-state index in [1.807, 2.05) is 6.92 Å². The minimum absolute atomic E-state index is 0.548. The molecule has 0 saturated heterocycles. The molecule has 0 radical (unpaired) electrons. The molecule has 0 unspecified atom stereocenters. The summed E-state index contributed by atoms with van der Waals surface area (Å²) in [4.78, 5) is 4.97. The van der Waals surface area contributed by atoms with Crippen molar-refractivity contribution in [1.82, 2.24) is 5.48 Å². The first-order chi connectivity index (χ1) is 5.31. The Balaban J connectivity index is 3.02. The molecule has 0 amide bonds. The summed E-state index contributed by atoms with van der Waals surface area (Å²) in [7, 11) is 1.63. The van der Waals surface area contributed by atoms with Crippen LogP contribution in [0.4, 0.5) is 0 Å². The van der Waals surface area contributed by atoms with Crippen LogP contribution in [0.25, 0.3) is 0 Å². The van der Waals surface area contributed by atoms with Gasteiger partial charge in [-0.15, -0.1) is 0 Å². The molecule has 0 bridgehead atoms. The van der Waals surface area contributed by atoms with Crippen LogP contribution in [0.3, 0.4) is 0 Å². The third-order valence-corrected chi connectivity index (χ3v) is 1.40. The Labute approximate surface area is 72.3 Å². The van der Waals surface area contributed by atoms with Gasteiger partial charge in [-0.2, -0.15) is 5.48 Å². The molecule has 0 atom stereocenters. The molecule has 0 fully saturated rings. The van der Waals surface area contributed by atoms with E-state index < -0.39 is 0 Å². The van der Waals surface area contributed by atoms with Crippen LogP contribution in [0.5, 0.6) is 0 Å². The number of hydrogen-bond acceptors (Lipinski definition) is 3. The Hall–Kier alpha value is -0.0900. The summed E-state index contributed by atoms with van der Waals surface area (Å²) in [5.74, 6) is 0. The molecule has 4 heteroatoms. The maximum atomic E-state index is 5.41. The first-order valence-electron chi connectivity index (χ1n) is 3.40. The second-order valence-corrected chi connectivity index (χ2v) is 2.34. The third-order valence-electron chi connectivity index (χ3n) is 1.03. The number of nitrogens with one attached hydrogen (secondary N) is 1. The van der Waals surface area contributed by atoms with Crippen molar-refractivity contribution in [3.63, 3.8) is 0 Å². The van der Waals surface area contributed by atoms with Crippen molar-refractivity contribution in [2.24, 2.45) is 0 Å². The van der Waals surface area contributed by atoms with Gasteiger partial charge in [0.1, 0.15) is 0 Å². The highest BCUT2D eigenvalue weighted by atomic mass is 35.5. The van der Waals surface area contributed by atoms with E-state index in [9.17, 15) is 0 Å². The van der Waals surface area contributed by atoms with Gasteiger partial charge in [0.2, 0.25) is 0 Å². The van der Waals surface area contributed by atoms with Crippen molar-refractivity contribution in [3.8, 4) is 0 Å². The van der Waals surface area contributed by atoms with Crippen molar-refractivity contribution < 1.29 is 9.57 Å².